The fourth-order valence-electron chi connectivity index (χ4n) is 4.60. The van der Waals surface area contributed by atoms with Crippen molar-refractivity contribution in [2.75, 3.05) is 25.6 Å². The molecule has 2 aromatic carbocycles. The molecule has 4 rings (SSSR count). The van der Waals surface area contributed by atoms with Crippen LogP contribution in [0.5, 0.6) is 11.5 Å². The molecular formula is C30H33F4N3O4. The molecule has 1 aliphatic rings. The zero-order valence-electron chi connectivity index (χ0n) is 23.8. The van der Waals surface area contributed by atoms with Crippen molar-refractivity contribution in [1.29, 1.82) is 0 Å². The van der Waals surface area contributed by atoms with Gasteiger partial charge >= 0.3 is 12.3 Å². The molecule has 1 N–H and O–H groups in total. The van der Waals surface area contributed by atoms with E-state index in [4.69, 9.17) is 14.2 Å². The second kappa shape index (κ2) is 11.5. The molecule has 1 atom stereocenters. The van der Waals surface area contributed by atoms with Crippen LogP contribution in [0.15, 0.2) is 48.2 Å². The third-order valence-electron chi connectivity index (χ3n) is 6.46. The van der Waals surface area contributed by atoms with Gasteiger partial charge in [-0.05, 0) is 59.2 Å². The zero-order valence-corrected chi connectivity index (χ0v) is 23.8. The number of aryl methyl sites for hydroxylation is 1. The topological polar surface area (TPSA) is 72.9 Å². The number of pyridine rings is 1. The minimum atomic E-state index is -4.81. The largest absolute Gasteiger partial charge is 0.493 e. The second-order valence-corrected chi connectivity index (χ2v) is 10.8. The molecule has 0 spiro atoms. The minimum Gasteiger partial charge on any atom is -0.493 e. The van der Waals surface area contributed by atoms with Crippen LogP contribution in [0.1, 0.15) is 57.0 Å². The number of anilines is 1. The van der Waals surface area contributed by atoms with Crippen molar-refractivity contribution < 1.29 is 36.6 Å². The fourth-order valence-corrected chi connectivity index (χ4v) is 4.60. The number of halogens is 4. The maximum absolute atomic E-state index is 14.9. The second-order valence-electron chi connectivity index (χ2n) is 10.8. The van der Waals surface area contributed by atoms with Gasteiger partial charge in [0.15, 0.2) is 11.5 Å². The molecule has 11 heteroatoms. The highest BCUT2D eigenvalue weighted by Gasteiger charge is 2.35. The Morgan fingerprint density at radius 2 is 1.88 bits per heavy atom. The first kappa shape index (κ1) is 30.0. The van der Waals surface area contributed by atoms with Crippen LogP contribution < -0.4 is 14.8 Å². The molecule has 0 unspecified atom stereocenters. The number of alkyl halides is 3. The van der Waals surface area contributed by atoms with E-state index in [0.717, 1.165) is 6.07 Å². The lowest BCUT2D eigenvalue weighted by molar-refractivity contribution is -0.140. The van der Waals surface area contributed by atoms with E-state index >= 15 is 0 Å². The van der Waals surface area contributed by atoms with Gasteiger partial charge in [0, 0.05) is 34.9 Å². The third-order valence-corrected chi connectivity index (χ3v) is 6.46. The van der Waals surface area contributed by atoms with Crippen LogP contribution in [0.2, 0.25) is 0 Å². The van der Waals surface area contributed by atoms with Crippen LogP contribution in [0.25, 0.3) is 10.9 Å². The number of benzene rings is 2. The average molecular weight is 576 g/mol. The molecule has 1 aliphatic heterocycles. The Kier molecular flexibility index (Phi) is 8.37. The van der Waals surface area contributed by atoms with Crippen molar-refractivity contribution in [2.24, 2.45) is 0 Å². The Morgan fingerprint density at radius 3 is 2.54 bits per heavy atom. The number of rotatable bonds is 7. The van der Waals surface area contributed by atoms with Gasteiger partial charge in [-0.25, -0.2) is 9.18 Å². The van der Waals surface area contributed by atoms with Crippen molar-refractivity contribution in [3.05, 3.63) is 70.8 Å². The van der Waals surface area contributed by atoms with E-state index in [1.54, 1.807) is 52.8 Å². The SMILES string of the molecule is COc1cc2nc(C)cc(N[C@H](C)c3cccc(C(F)(F)F)c3F)c2cc1OCC1=CCCN1C(=O)OC(C)(C)C. The number of ether oxygens (including phenoxy) is 3. The summed E-state index contributed by atoms with van der Waals surface area (Å²) in [4.78, 5) is 18.7. The predicted molar refractivity (Wildman–Crippen MR) is 148 cm³/mol. The Balaban J connectivity index is 1.63. The van der Waals surface area contributed by atoms with E-state index in [2.05, 4.69) is 10.3 Å². The molecule has 2 heterocycles. The monoisotopic (exact) mass is 575 g/mol. The van der Waals surface area contributed by atoms with Crippen LogP contribution >= 0.6 is 0 Å². The summed E-state index contributed by atoms with van der Waals surface area (Å²) in [6, 6.07) is 7.53. The van der Waals surface area contributed by atoms with Crippen LogP contribution in [0, 0.1) is 12.7 Å². The lowest BCUT2D eigenvalue weighted by Crippen LogP contribution is -2.36. The number of carbonyl (C=O) groups is 1. The summed E-state index contributed by atoms with van der Waals surface area (Å²) in [6.07, 6.45) is -2.71. The first-order valence-corrected chi connectivity index (χ1v) is 13.1. The van der Waals surface area contributed by atoms with Crippen molar-refractivity contribution in [2.45, 2.75) is 58.9 Å². The Bertz CT molecular complexity index is 1480. The number of amides is 1. The number of fused-ring (bicyclic) bond motifs is 1. The number of hydrogen-bond donors (Lipinski definition) is 1. The highest BCUT2D eigenvalue weighted by atomic mass is 19.4. The summed E-state index contributed by atoms with van der Waals surface area (Å²) < 4.78 is 71.9. The summed E-state index contributed by atoms with van der Waals surface area (Å²) in [7, 11) is 1.49. The molecular weight excluding hydrogens is 542 g/mol. The molecule has 0 bridgehead atoms. The van der Waals surface area contributed by atoms with Crippen LogP contribution in [-0.4, -0.2) is 41.8 Å². The Morgan fingerprint density at radius 1 is 1.15 bits per heavy atom. The first-order valence-electron chi connectivity index (χ1n) is 13.1. The lowest BCUT2D eigenvalue weighted by atomic mass is 10.0. The van der Waals surface area contributed by atoms with Crippen LogP contribution in [0.4, 0.5) is 28.0 Å². The number of methoxy groups -OCH3 is 1. The summed E-state index contributed by atoms with van der Waals surface area (Å²) in [6.45, 7) is 9.28. The number of carbonyl (C=O) groups excluding carboxylic acids is 1. The molecule has 1 amide bonds. The van der Waals surface area contributed by atoms with Crippen LogP contribution in [0.3, 0.4) is 0 Å². The molecule has 3 aromatic rings. The smallest absolute Gasteiger partial charge is 0.419 e. The van der Waals surface area contributed by atoms with Crippen molar-refractivity contribution in [3.8, 4) is 11.5 Å². The van der Waals surface area contributed by atoms with Gasteiger partial charge in [-0.1, -0.05) is 18.2 Å². The van der Waals surface area contributed by atoms with E-state index < -0.39 is 35.3 Å². The van der Waals surface area contributed by atoms with Gasteiger partial charge in [0.1, 0.15) is 18.0 Å². The van der Waals surface area contributed by atoms with Gasteiger partial charge in [-0.3, -0.25) is 9.88 Å². The Hall–Kier alpha value is -4.02. The lowest BCUT2D eigenvalue weighted by Gasteiger charge is -2.26. The molecule has 0 radical (unpaired) electrons. The molecule has 41 heavy (non-hydrogen) atoms. The number of hydrogen-bond acceptors (Lipinski definition) is 6. The molecule has 0 aliphatic carbocycles. The van der Waals surface area contributed by atoms with Crippen LogP contribution in [-0.2, 0) is 10.9 Å². The molecule has 0 saturated carbocycles. The van der Waals surface area contributed by atoms with Gasteiger partial charge in [-0.2, -0.15) is 13.2 Å². The number of aromatic nitrogens is 1. The van der Waals surface area contributed by atoms with Gasteiger partial charge < -0.3 is 19.5 Å². The average Bonchev–Trinajstić information content (AvgIpc) is 3.34. The maximum atomic E-state index is 14.9. The first-order chi connectivity index (χ1) is 19.2. The normalized spacial score (nSPS) is 14.6. The third kappa shape index (κ3) is 6.83. The van der Waals surface area contributed by atoms with E-state index in [9.17, 15) is 22.4 Å². The summed E-state index contributed by atoms with van der Waals surface area (Å²) in [5, 5.41) is 3.74. The zero-order chi connectivity index (χ0) is 30.1. The van der Waals surface area contributed by atoms with Gasteiger partial charge in [0.25, 0.3) is 0 Å². The van der Waals surface area contributed by atoms with Gasteiger partial charge in [0.05, 0.1) is 29.9 Å². The molecule has 7 nitrogen and oxygen atoms in total. The van der Waals surface area contributed by atoms with Crippen molar-refractivity contribution >= 4 is 22.7 Å². The van der Waals surface area contributed by atoms with E-state index in [1.807, 2.05) is 6.08 Å². The maximum Gasteiger partial charge on any atom is 0.419 e. The van der Waals surface area contributed by atoms with E-state index in [0.29, 0.717) is 52.4 Å². The quantitative estimate of drug-likeness (QED) is 0.290. The Labute approximate surface area is 236 Å². The minimum absolute atomic E-state index is 0.0645. The summed E-state index contributed by atoms with van der Waals surface area (Å²) in [5.74, 6) is -0.551. The van der Waals surface area contributed by atoms with E-state index in [1.165, 1.54) is 24.1 Å². The predicted octanol–water partition coefficient (Wildman–Crippen LogP) is 7.79. The number of nitrogens with one attached hydrogen (secondary N) is 1. The van der Waals surface area contributed by atoms with Crippen molar-refractivity contribution in [1.82, 2.24) is 9.88 Å². The molecule has 1 aromatic heterocycles. The van der Waals surface area contributed by atoms with Gasteiger partial charge in [0.2, 0.25) is 0 Å². The molecule has 0 saturated heterocycles. The van der Waals surface area contributed by atoms with Gasteiger partial charge in [-0.15, -0.1) is 0 Å². The standard InChI is InChI=1S/C30H33F4N3O4/c1-17-13-23(36-18(2)20-10-7-11-22(27(20)31)30(32,33)34)21-14-26(25(39-6)15-24(21)35-17)40-16-19-9-8-12-37(19)28(38)41-29(3,4)5/h7,9-11,13-15,18H,8,12,16H2,1-6H3,(H,35,36)/t18-/m1/s1. The fraction of sp³-hybridized carbons (Fsp3) is 0.400. The summed E-state index contributed by atoms with van der Waals surface area (Å²) >= 11 is 0. The highest BCUT2D eigenvalue weighted by Crippen LogP contribution is 2.38. The number of nitrogens with zero attached hydrogens (tertiary/aromatic N) is 2. The molecule has 220 valence electrons. The summed E-state index contributed by atoms with van der Waals surface area (Å²) in [5.41, 5.74) is 0.274. The highest BCUT2D eigenvalue weighted by molar-refractivity contribution is 5.94. The van der Waals surface area contributed by atoms with Crippen molar-refractivity contribution in [3.63, 3.8) is 0 Å². The molecule has 0 fully saturated rings. The van der Waals surface area contributed by atoms with E-state index in [-0.39, 0.29) is 12.2 Å².